The molecule has 0 aliphatic rings. The predicted octanol–water partition coefficient (Wildman–Crippen LogP) is 1.79. The van der Waals surface area contributed by atoms with Crippen LogP contribution < -0.4 is 5.73 Å². The van der Waals surface area contributed by atoms with Crippen molar-refractivity contribution in [2.75, 3.05) is 0 Å². The molecule has 0 amide bonds. The van der Waals surface area contributed by atoms with Gasteiger partial charge in [-0.3, -0.25) is 0 Å². The van der Waals surface area contributed by atoms with Crippen LogP contribution in [0.15, 0.2) is 18.2 Å². The molecule has 1 unspecified atom stereocenters. The first-order valence-corrected chi connectivity index (χ1v) is 4.63. The summed E-state index contributed by atoms with van der Waals surface area (Å²) in [5.74, 6) is 5.07. The van der Waals surface area contributed by atoms with Crippen LogP contribution in [0, 0.1) is 29.0 Å². The third kappa shape index (κ3) is 3.42. The molecular weight excluding hydrogens is 191 g/mol. The zero-order valence-corrected chi connectivity index (χ0v) is 8.42. The normalized spacial score (nSPS) is 11.1. The van der Waals surface area contributed by atoms with E-state index in [0.717, 1.165) is 6.42 Å². The molecule has 2 N–H and O–H groups in total. The first-order chi connectivity index (χ1) is 7.15. The average molecular weight is 202 g/mol. The summed E-state index contributed by atoms with van der Waals surface area (Å²) in [4.78, 5) is 0. The lowest BCUT2D eigenvalue weighted by Crippen LogP contribution is -2.15. The Hall–Kier alpha value is -1.84. The number of nitrogens with two attached hydrogens (primary N) is 1. The molecule has 0 spiro atoms. The van der Waals surface area contributed by atoms with Gasteiger partial charge in [-0.1, -0.05) is 18.8 Å². The first-order valence-electron chi connectivity index (χ1n) is 4.63. The molecule has 1 rings (SSSR count). The van der Waals surface area contributed by atoms with Crippen LogP contribution in [-0.4, -0.2) is 6.04 Å². The summed E-state index contributed by atoms with van der Waals surface area (Å²) in [5, 5.41) is 8.62. The molecule has 0 heterocycles. The first kappa shape index (κ1) is 11.2. The molecule has 0 aliphatic carbocycles. The molecule has 0 saturated carbocycles. The topological polar surface area (TPSA) is 49.8 Å². The van der Waals surface area contributed by atoms with E-state index in [2.05, 4.69) is 11.8 Å². The second-order valence-electron chi connectivity index (χ2n) is 3.12. The molecule has 1 aromatic rings. The minimum atomic E-state index is -0.455. The van der Waals surface area contributed by atoms with Gasteiger partial charge in [0.25, 0.3) is 0 Å². The number of nitriles is 1. The minimum Gasteiger partial charge on any atom is -0.318 e. The third-order valence-corrected chi connectivity index (χ3v) is 1.87. The molecule has 0 aliphatic heterocycles. The van der Waals surface area contributed by atoms with Crippen LogP contribution in [0.1, 0.15) is 24.5 Å². The van der Waals surface area contributed by atoms with Crippen LogP contribution in [0.25, 0.3) is 0 Å². The van der Waals surface area contributed by atoms with Crippen LogP contribution in [0.5, 0.6) is 0 Å². The van der Waals surface area contributed by atoms with E-state index < -0.39 is 5.82 Å². The molecule has 1 atom stereocenters. The molecule has 0 bridgehead atoms. The molecule has 76 valence electrons. The van der Waals surface area contributed by atoms with E-state index in [9.17, 15) is 4.39 Å². The largest absolute Gasteiger partial charge is 0.318 e. The van der Waals surface area contributed by atoms with Gasteiger partial charge in [-0.25, -0.2) is 4.39 Å². The fraction of sp³-hybridized carbons (Fsp3) is 0.250. The van der Waals surface area contributed by atoms with Gasteiger partial charge in [-0.2, -0.15) is 5.26 Å². The summed E-state index contributed by atoms with van der Waals surface area (Å²) in [6.07, 6.45) is 0.743. The van der Waals surface area contributed by atoms with E-state index in [4.69, 9.17) is 11.0 Å². The number of benzene rings is 1. The van der Waals surface area contributed by atoms with E-state index in [1.165, 1.54) is 12.1 Å². The molecule has 0 radical (unpaired) electrons. The summed E-state index contributed by atoms with van der Waals surface area (Å²) >= 11 is 0. The summed E-state index contributed by atoms with van der Waals surface area (Å²) in [6.45, 7) is 1.92. The molecule has 1 aromatic carbocycles. The van der Waals surface area contributed by atoms with Crippen molar-refractivity contribution < 1.29 is 4.39 Å². The highest BCUT2D eigenvalue weighted by molar-refractivity contribution is 5.42. The van der Waals surface area contributed by atoms with E-state index in [0.29, 0.717) is 5.56 Å². The molecule has 0 saturated heterocycles. The van der Waals surface area contributed by atoms with E-state index in [1.807, 2.05) is 13.0 Å². The molecule has 2 nitrogen and oxygen atoms in total. The lowest BCUT2D eigenvalue weighted by molar-refractivity contribution is 0.627. The quantitative estimate of drug-likeness (QED) is 0.706. The fourth-order valence-corrected chi connectivity index (χ4v) is 1.00. The van der Waals surface area contributed by atoms with Crippen molar-refractivity contribution >= 4 is 0 Å². The summed E-state index contributed by atoms with van der Waals surface area (Å²) < 4.78 is 13.0. The van der Waals surface area contributed by atoms with Crippen LogP contribution in [-0.2, 0) is 0 Å². The van der Waals surface area contributed by atoms with Gasteiger partial charge in [-0.05, 0) is 24.6 Å². The van der Waals surface area contributed by atoms with Crippen molar-refractivity contribution in [3.8, 4) is 17.9 Å². The predicted molar refractivity (Wildman–Crippen MR) is 56.3 cm³/mol. The van der Waals surface area contributed by atoms with Crippen molar-refractivity contribution in [3.05, 3.63) is 35.1 Å². The molecule has 3 heteroatoms. The van der Waals surface area contributed by atoms with Crippen molar-refractivity contribution in [3.63, 3.8) is 0 Å². The average Bonchev–Trinajstić information content (AvgIpc) is 2.25. The van der Waals surface area contributed by atoms with Gasteiger partial charge in [0.05, 0.1) is 17.7 Å². The Morgan fingerprint density at radius 2 is 2.07 bits per heavy atom. The van der Waals surface area contributed by atoms with E-state index >= 15 is 0 Å². The summed E-state index contributed by atoms with van der Waals surface area (Å²) in [7, 11) is 0. The van der Waals surface area contributed by atoms with Crippen molar-refractivity contribution in [1.29, 1.82) is 5.26 Å². The van der Waals surface area contributed by atoms with Crippen LogP contribution in [0.3, 0.4) is 0 Å². The summed E-state index contributed by atoms with van der Waals surface area (Å²) in [5.41, 5.74) is 6.35. The maximum atomic E-state index is 13.0. The SMILES string of the molecule is CCC(N)C#Cc1cc(F)cc(C#N)c1. The fourth-order valence-electron chi connectivity index (χ4n) is 1.00. The zero-order valence-electron chi connectivity index (χ0n) is 8.42. The monoisotopic (exact) mass is 202 g/mol. The summed E-state index contributed by atoms with van der Waals surface area (Å²) in [6, 6.07) is 5.66. The van der Waals surface area contributed by atoms with Crippen LogP contribution in [0.2, 0.25) is 0 Å². The Kier molecular flexibility index (Phi) is 3.85. The highest BCUT2D eigenvalue weighted by Crippen LogP contribution is 2.07. The maximum Gasteiger partial charge on any atom is 0.125 e. The second-order valence-corrected chi connectivity index (χ2v) is 3.12. The highest BCUT2D eigenvalue weighted by atomic mass is 19.1. The molecule has 0 fully saturated rings. The van der Waals surface area contributed by atoms with Gasteiger partial charge in [0.15, 0.2) is 0 Å². The number of hydrogen-bond acceptors (Lipinski definition) is 2. The van der Waals surface area contributed by atoms with Crippen molar-refractivity contribution in [2.24, 2.45) is 5.73 Å². The number of halogens is 1. The van der Waals surface area contributed by atoms with Crippen molar-refractivity contribution in [1.82, 2.24) is 0 Å². The van der Waals surface area contributed by atoms with Gasteiger partial charge >= 0.3 is 0 Å². The lowest BCUT2D eigenvalue weighted by atomic mass is 10.1. The number of rotatable bonds is 1. The second kappa shape index (κ2) is 5.14. The molecule has 0 aromatic heterocycles. The Morgan fingerprint density at radius 1 is 1.40 bits per heavy atom. The lowest BCUT2D eigenvalue weighted by Gasteiger charge is -1.96. The van der Waals surface area contributed by atoms with Gasteiger partial charge < -0.3 is 5.73 Å². The Labute approximate surface area is 88.5 Å². The molecule has 15 heavy (non-hydrogen) atoms. The number of hydrogen-bond donors (Lipinski definition) is 1. The van der Waals surface area contributed by atoms with Crippen LogP contribution >= 0.6 is 0 Å². The van der Waals surface area contributed by atoms with Gasteiger partial charge in [-0.15, -0.1) is 0 Å². The van der Waals surface area contributed by atoms with Crippen molar-refractivity contribution in [2.45, 2.75) is 19.4 Å². The zero-order chi connectivity index (χ0) is 11.3. The third-order valence-electron chi connectivity index (χ3n) is 1.87. The molecular formula is C12H11FN2. The smallest absolute Gasteiger partial charge is 0.125 e. The standard InChI is InChI=1S/C12H11FN2/c1-2-12(15)4-3-9-5-10(8-14)7-11(13)6-9/h5-7,12H,2,15H2,1H3. The maximum absolute atomic E-state index is 13.0. The van der Waals surface area contributed by atoms with Crippen LogP contribution in [0.4, 0.5) is 4.39 Å². The van der Waals surface area contributed by atoms with Gasteiger partial charge in [0.2, 0.25) is 0 Å². The number of nitrogens with zero attached hydrogens (tertiary/aromatic N) is 1. The van der Waals surface area contributed by atoms with E-state index in [1.54, 1.807) is 6.07 Å². The van der Waals surface area contributed by atoms with E-state index in [-0.39, 0.29) is 11.6 Å². The minimum absolute atomic E-state index is 0.209. The highest BCUT2D eigenvalue weighted by Gasteiger charge is 1.98. The van der Waals surface area contributed by atoms with Gasteiger partial charge in [0.1, 0.15) is 5.82 Å². The Bertz CT molecular complexity index is 449. The Balaban J connectivity index is 2.99. The Morgan fingerprint density at radius 3 is 2.67 bits per heavy atom. The van der Waals surface area contributed by atoms with Gasteiger partial charge in [0, 0.05) is 5.56 Å².